The van der Waals surface area contributed by atoms with E-state index >= 15 is 0 Å². The Morgan fingerprint density at radius 3 is 2.31 bits per heavy atom. The van der Waals surface area contributed by atoms with Gasteiger partial charge in [-0.3, -0.25) is 0 Å². The average Bonchev–Trinajstić information content (AvgIpc) is 2.60. The fourth-order valence-corrected chi connectivity index (χ4v) is 2.63. The third-order valence-corrected chi connectivity index (χ3v) is 3.67. The molecule has 0 saturated carbocycles. The molecule has 0 N–H and O–H groups in total. The van der Waals surface area contributed by atoms with Crippen LogP contribution in [0.4, 0.5) is 0 Å². The SMILES string of the molecule is Cc1cnc2n1CCCCCCCCCC2. The van der Waals surface area contributed by atoms with E-state index < -0.39 is 0 Å². The fraction of sp³-hybridized carbons (Fsp3) is 0.786. The minimum Gasteiger partial charge on any atom is -0.332 e. The summed E-state index contributed by atoms with van der Waals surface area (Å²) in [5, 5.41) is 0. The molecule has 0 spiro atoms. The third-order valence-electron chi connectivity index (χ3n) is 3.67. The summed E-state index contributed by atoms with van der Waals surface area (Å²) >= 11 is 0. The van der Waals surface area contributed by atoms with Gasteiger partial charge in [0.05, 0.1) is 0 Å². The Morgan fingerprint density at radius 2 is 1.56 bits per heavy atom. The fourth-order valence-electron chi connectivity index (χ4n) is 2.63. The first kappa shape index (κ1) is 11.7. The average molecular weight is 220 g/mol. The molecule has 1 aromatic rings. The van der Waals surface area contributed by atoms with E-state index in [4.69, 9.17) is 0 Å². The summed E-state index contributed by atoms with van der Waals surface area (Å²) in [6.07, 6.45) is 14.3. The minimum atomic E-state index is 1.17. The van der Waals surface area contributed by atoms with Crippen molar-refractivity contribution in [1.29, 1.82) is 0 Å². The Balaban J connectivity index is 2.00. The topological polar surface area (TPSA) is 17.8 Å². The van der Waals surface area contributed by atoms with E-state index in [2.05, 4.69) is 16.5 Å². The van der Waals surface area contributed by atoms with E-state index in [0.29, 0.717) is 0 Å². The molecule has 0 unspecified atom stereocenters. The molecule has 2 heterocycles. The quantitative estimate of drug-likeness (QED) is 0.649. The molecule has 0 fully saturated rings. The number of nitrogens with zero attached hydrogens (tertiary/aromatic N) is 2. The monoisotopic (exact) mass is 220 g/mol. The first-order valence-corrected chi connectivity index (χ1v) is 6.89. The molecule has 0 aliphatic carbocycles. The highest BCUT2D eigenvalue weighted by Crippen LogP contribution is 2.15. The van der Waals surface area contributed by atoms with Crippen LogP contribution in [0.1, 0.15) is 62.9 Å². The standard InChI is InChI=1S/C14H24N2/c1-13-12-15-14-10-8-6-4-2-3-5-7-9-11-16(13)14/h12H,2-11H2,1H3. The van der Waals surface area contributed by atoms with E-state index in [1.54, 1.807) is 0 Å². The summed E-state index contributed by atoms with van der Waals surface area (Å²) in [4.78, 5) is 4.55. The van der Waals surface area contributed by atoms with Gasteiger partial charge in [0.2, 0.25) is 0 Å². The van der Waals surface area contributed by atoms with Gasteiger partial charge < -0.3 is 4.57 Å². The van der Waals surface area contributed by atoms with E-state index in [9.17, 15) is 0 Å². The summed E-state index contributed by atoms with van der Waals surface area (Å²) in [6.45, 7) is 3.36. The van der Waals surface area contributed by atoms with Gasteiger partial charge in [0.25, 0.3) is 0 Å². The summed E-state index contributed by atoms with van der Waals surface area (Å²) in [7, 11) is 0. The predicted molar refractivity (Wildman–Crippen MR) is 67.6 cm³/mol. The first-order valence-electron chi connectivity index (χ1n) is 6.89. The van der Waals surface area contributed by atoms with Gasteiger partial charge in [-0.25, -0.2) is 4.98 Å². The smallest absolute Gasteiger partial charge is 0.108 e. The van der Waals surface area contributed by atoms with Crippen LogP contribution < -0.4 is 0 Å². The zero-order valence-corrected chi connectivity index (χ0v) is 10.5. The van der Waals surface area contributed by atoms with Gasteiger partial charge >= 0.3 is 0 Å². The number of hydrogen-bond donors (Lipinski definition) is 0. The zero-order valence-electron chi connectivity index (χ0n) is 10.5. The molecular formula is C14H24N2. The summed E-state index contributed by atoms with van der Waals surface area (Å²) < 4.78 is 2.43. The van der Waals surface area contributed by atoms with Gasteiger partial charge in [-0.1, -0.05) is 38.5 Å². The molecule has 0 atom stereocenters. The number of hydrogen-bond acceptors (Lipinski definition) is 1. The Bertz CT molecular complexity index is 315. The Labute approximate surface area is 99.1 Å². The largest absolute Gasteiger partial charge is 0.332 e. The van der Waals surface area contributed by atoms with Crippen molar-refractivity contribution in [2.75, 3.05) is 0 Å². The maximum Gasteiger partial charge on any atom is 0.108 e. The van der Waals surface area contributed by atoms with Crippen molar-refractivity contribution in [1.82, 2.24) is 9.55 Å². The maximum atomic E-state index is 4.55. The second-order valence-electron chi connectivity index (χ2n) is 5.05. The molecular weight excluding hydrogens is 196 g/mol. The zero-order chi connectivity index (χ0) is 11.2. The normalized spacial score (nSPS) is 19.6. The lowest BCUT2D eigenvalue weighted by Crippen LogP contribution is -2.06. The molecule has 1 aliphatic heterocycles. The molecule has 0 bridgehead atoms. The molecule has 0 aromatic carbocycles. The summed E-state index contributed by atoms with van der Waals surface area (Å²) in [5.74, 6) is 1.32. The van der Waals surface area contributed by atoms with E-state index in [-0.39, 0.29) is 0 Å². The molecule has 2 nitrogen and oxygen atoms in total. The molecule has 2 rings (SSSR count). The first-order chi connectivity index (χ1) is 7.88. The van der Waals surface area contributed by atoms with Crippen LogP contribution >= 0.6 is 0 Å². The lowest BCUT2D eigenvalue weighted by Gasteiger charge is -2.11. The third kappa shape index (κ3) is 3.10. The van der Waals surface area contributed by atoms with Gasteiger partial charge in [0.1, 0.15) is 5.82 Å². The van der Waals surface area contributed by atoms with Crippen molar-refractivity contribution in [3.63, 3.8) is 0 Å². The highest BCUT2D eigenvalue weighted by molar-refractivity contribution is 5.03. The lowest BCUT2D eigenvalue weighted by atomic mass is 10.1. The summed E-state index contributed by atoms with van der Waals surface area (Å²) in [6, 6.07) is 0. The Hall–Kier alpha value is -0.790. The molecule has 16 heavy (non-hydrogen) atoms. The molecule has 0 saturated heterocycles. The maximum absolute atomic E-state index is 4.55. The van der Waals surface area contributed by atoms with Crippen LogP contribution in [0.15, 0.2) is 6.20 Å². The number of fused-ring (bicyclic) bond motifs is 1. The van der Waals surface area contributed by atoms with Crippen LogP contribution in [0.5, 0.6) is 0 Å². The van der Waals surface area contributed by atoms with Crippen LogP contribution in [-0.4, -0.2) is 9.55 Å². The van der Waals surface area contributed by atoms with Crippen molar-refractivity contribution >= 4 is 0 Å². The van der Waals surface area contributed by atoms with Crippen molar-refractivity contribution < 1.29 is 0 Å². The van der Waals surface area contributed by atoms with Gasteiger partial charge in [0.15, 0.2) is 0 Å². The Morgan fingerprint density at radius 1 is 0.938 bits per heavy atom. The number of imidazole rings is 1. The van der Waals surface area contributed by atoms with Crippen LogP contribution in [0.25, 0.3) is 0 Å². The number of aryl methyl sites for hydroxylation is 2. The molecule has 90 valence electrons. The second-order valence-corrected chi connectivity index (χ2v) is 5.05. The predicted octanol–water partition coefficient (Wildman–Crippen LogP) is 3.87. The van der Waals surface area contributed by atoms with Crippen molar-refractivity contribution in [3.05, 3.63) is 17.7 Å². The molecule has 0 radical (unpaired) electrons. The van der Waals surface area contributed by atoms with Crippen LogP contribution in [0, 0.1) is 6.92 Å². The molecule has 0 amide bonds. The van der Waals surface area contributed by atoms with Gasteiger partial charge in [-0.05, 0) is 19.8 Å². The Kier molecular flexibility index (Phi) is 4.44. The van der Waals surface area contributed by atoms with E-state index in [1.165, 1.54) is 75.9 Å². The van der Waals surface area contributed by atoms with Crippen molar-refractivity contribution in [3.8, 4) is 0 Å². The van der Waals surface area contributed by atoms with E-state index in [0.717, 1.165) is 0 Å². The molecule has 1 aliphatic rings. The number of aromatic nitrogens is 2. The van der Waals surface area contributed by atoms with Crippen LogP contribution in [0.2, 0.25) is 0 Å². The van der Waals surface area contributed by atoms with Crippen molar-refractivity contribution in [2.45, 2.75) is 71.3 Å². The van der Waals surface area contributed by atoms with Crippen LogP contribution in [0.3, 0.4) is 0 Å². The van der Waals surface area contributed by atoms with Crippen LogP contribution in [-0.2, 0) is 13.0 Å². The highest BCUT2D eigenvalue weighted by Gasteiger charge is 2.07. The second kappa shape index (κ2) is 6.07. The molecule has 1 aromatic heterocycles. The van der Waals surface area contributed by atoms with E-state index in [1.807, 2.05) is 6.20 Å². The lowest BCUT2D eigenvalue weighted by molar-refractivity contribution is 0.507. The minimum absolute atomic E-state index is 1.17. The van der Waals surface area contributed by atoms with Gasteiger partial charge in [0, 0.05) is 24.9 Å². The van der Waals surface area contributed by atoms with Crippen molar-refractivity contribution in [2.24, 2.45) is 0 Å². The highest BCUT2D eigenvalue weighted by atomic mass is 15.1. The number of rotatable bonds is 0. The van der Waals surface area contributed by atoms with Gasteiger partial charge in [-0.15, -0.1) is 0 Å². The summed E-state index contributed by atoms with van der Waals surface area (Å²) in [5.41, 5.74) is 1.34. The molecule has 2 heteroatoms. The van der Waals surface area contributed by atoms with Gasteiger partial charge in [-0.2, -0.15) is 0 Å².